The summed E-state index contributed by atoms with van der Waals surface area (Å²) < 4.78 is 11.8. The zero-order valence-corrected chi connectivity index (χ0v) is 22.0. The van der Waals surface area contributed by atoms with Gasteiger partial charge in [0.1, 0.15) is 45.8 Å². The van der Waals surface area contributed by atoms with Gasteiger partial charge in [0.25, 0.3) is 0 Å². The van der Waals surface area contributed by atoms with Gasteiger partial charge >= 0.3 is 11.3 Å². The van der Waals surface area contributed by atoms with E-state index in [1.54, 1.807) is 0 Å². The molecule has 2 heterocycles. The molecule has 12 N–H and O–H groups in total. The van der Waals surface area contributed by atoms with E-state index in [1.165, 1.54) is 0 Å². The van der Waals surface area contributed by atoms with Crippen molar-refractivity contribution in [3.63, 3.8) is 0 Å². The van der Waals surface area contributed by atoms with E-state index in [9.17, 15) is 61.3 Å². The number of phenolic OH excluding ortho intramolecular Hbond substituents is 10. The Morgan fingerprint density at radius 1 is 0.545 bits per heavy atom. The van der Waals surface area contributed by atoms with Crippen molar-refractivity contribution in [3.05, 3.63) is 65.2 Å². The lowest BCUT2D eigenvalue weighted by Gasteiger charge is -2.37. The minimum absolute atomic E-state index is 0.0725. The lowest BCUT2D eigenvalue weighted by atomic mass is 9.78. The molecule has 44 heavy (non-hydrogen) atoms. The number of hydrogen-bond acceptors (Lipinski definition) is 13. The SMILES string of the molecule is Oc1cc(O)c2c(c1)OC(c1cc(O)c(O)c(O)c1)C(O)C2c1c(O)cc(O)c2cc(O)c(-c3cc(O)c(O)c(O)c3)[o+]c12. The first kappa shape index (κ1) is 28.0. The number of hydrogen-bond donors (Lipinski definition) is 12. The lowest BCUT2D eigenvalue weighted by Crippen LogP contribution is -2.35. The van der Waals surface area contributed by atoms with Crippen LogP contribution in [0.5, 0.6) is 69.0 Å². The number of ether oxygens (including phenoxy) is 1. The van der Waals surface area contributed by atoms with E-state index >= 15 is 0 Å². The molecule has 3 unspecified atom stereocenters. The van der Waals surface area contributed by atoms with Crippen molar-refractivity contribution < 1.29 is 70.4 Å². The van der Waals surface area contributed by atoms with Gasteiger partial charge in [-0.15, -0.1) is 0 Å². The topological polar surface area (TPSA) is 263 Å². The van der Waals surface area contributed by atoms with Gasteiger partial charge in [-0.05, 0) is 12.1 Å². The van der Waals surface area contributed by atoms with E-state index in [2.05, 4.69) is 0 Å². The molecule has 5 aromatic rings. The van der Waals surface area contributed by atoms with Crippen molar-refractivity contribution in [2.45, 2.75) is 18.1 Å². The van der Waals surface area contributed by atoms with Crippen LogP contribution in [-0.4, -0.2) is 67.4 Å². The molecule has 0 saturated carbocycles. The number of fused-ring (bicyclic) bond motifs is 2. The third kappa shape index (κ3) is 4.20. The maximum Gasteiger partial charge on any atom is 0.402 e. The van der Waals surface area contributed by atoms with Gasteiger partial charge in [-0.3, -0.25) is 0 Å². The van der Waals surface area contributed by atoms with E-state index in [1.807, 2.05) is 0 Å². The summed E-state index contributed by atoms with van der Waals surface area (Å²) in [5, 5.41) is 125. The largest absolute Gasteiger partial charge is 0.508 e. The second-order valence-corrected chi connectivity index (χ2v) is 10.2. The van der Waals surface area contributed by atoms with E-state index in [4.69, 9.17) is 9.15 Å². The van der Waals surface area contributed by atoms with Crippen LogP contribution in [0.2, 0.25) is 0 Å². The Kier molecular flexibility index (Phi) is 6.18. The molecule has 1 aliphatic heterocycles. The van der Waals surface area contributed by atoms with Crippen molar-refractivity contribution in [2.24, 2.45) is 0 Å². The molecule has 14 nitrogen and oxygen atoms in total. The van der Waals surface area contributed by atoms with Gasteiger partial charge in [0.2, 0.25) is 5.75 Å². The molecule has 3 atom stereocenters. The molecule has 4 aromatic carbocycles. The molecule has 0 amide bonds. The van der Waals surface area contributed by atoms with E-state index in [-0.39, 0.29) is 39.0 Å². The molecule has 6 rings (SSSR count). The van der Waals surface area contributed by atoms with Gasteiger partial charge in [-0.2, -0.15) is 0 Å². The summed E-state index contributed by atoms with van der Waals surface area (Å²) in [5.41, 5.74) is -1.02. The third-order valence-electron chi connectivity index (χ3n) is 7.42. The third-order valence-corrected chi connectivity index (χ3v) is 7.42. The monoisotopic (exact) mass is 607 g/mol. The Bertz CT molecular complexity index is 1960. The van der Waals surface area contributed by atoms with Crippen molar-refractivity contribution >= 4 is 11.0 Å². The predicted molar refractivity (Wildman–Crippen MR) is 148 cm³/mol. The van der Waals surface area contributed by atoms with E-state index < -0.39 is 87.1 Å². The number of rotatable bonds is 3. The number of aliphatic hydroxyl groups is 1. The Balaban J connectivity index is 1.65. The molecule has 0 spiro atoms. The molecule has 0 aliphatic carbocycles. The van der Waals surface area contributed by atoms with E-state index in [0.717, 1.165) is 48.5 Å². The van der Waals surface area contributed by atoms with Gasteiger partial charge < -0.3 is 66.0 Å². The summed E-state index contributed by atoms with van der Waals surface area (Å²) in [7, 11) is 0. The van der Waals surface area contributed by atoms with Crippen LogP contribution in [-0.2, 0) is 0 Å². The quantitative estimate of drug-likeness (QED) is 0.103. The Morgan fingerprint density at radius 2 is 1.11 bits per heavy atom. The Hall–Kier alpha value is -6.15. The fourth-order valence-corrected chi connectivity index (χ4v) is 5.44. The second kappa shape index (κ2) is 9.71. The van der Waals surface area contributed by atoms with Crippen LogP contribution < -0.4 is 4.74 Å². The molecule has 226 valence electrons. The highest BCUT2D eigenvalue weighted by Crippen LogP contribution is 2.55. The highest BCUT2D eigenvalue weighted by molar-refractivity contribution is 5.92. The first-order valence-electron chi connectivity index (χ1n) is 12.7. The molecular formula is C30H23O14+. The first-order valence-corrected chi connectivity index (χ1v) is 12.7. The minimum atomic E-state index is -1.78. The van der Waals surface area contributed by atoms with E-state index in [0.29, 0.717) is 0 Å². The maximum atomic E-state index is 11.7. The van der Waals surface area contributed by atoms with Crippen LogP contribution in [0.4, 0.5) is 0 Å². The van der Waals surface area contributed by atoms with Crippen LogP contribution in [0, 0.1) is 0 Å². The Labute approximate surface area is 245 Å². The zero-order chi connectivity index (χ0) is 31.8. The average Bonchev–Trinajstić information content (AvgIpc) is 2.95. The summed E-state index contributed by atoms with van der Waals surface area (Å²) in [5.74, 6) is -9.77. The molecule has 0 bridgehead atoms. The highest BCUT2D eigenvalue weighted by atomic mass is 16.5. The van der Waals surface area contributed by atoms with Crippen molar-refractivity contribution in [1.29, 1.82) is 0 Å². The number of aromatic hydroxyl groups is 11. The summed E-state index contributed by atoms with van der Waals surface area (Å²) in [6.45, 7) is 0. The molecule has 0 radical (unpaired) electrons. The molecule has 0 saturated heterocycles. The Morgan fingerprint density at radius 3 is 1.73 bits per heavy atom. The molecule has 1 aliphatic rings. The summed E-state index contributed by atoms with van der Waals surface area (Å²) in [6, 6.07) is 7.85. The predicted octanol–water partition coefficient (Wildman–Crippen LogP) is 3.77. The van der Waals surface area contributed by atoms with Crippen LogP contribution in [0.3, 0.4) is 0 Å². The van der Waals surface area contributed by atoms with Gasteiger partial charge in [0, 0.05) is 47.5 Å². The standard InChI is InChI=1S/C30H22O14/c31-11-5-14(33)22-21(6-11)43-29(10-3-18(37)26(41)19(38)4-10)27(42)24(22)23-15(34)8-13(32)12-7-20(39)28(44-30(12)23)9-1-16(35)25(40)17(36)2-9/h1-8,24,27,29,42H,(H10-,31,32,33,34,35,36,37,38,39,40,41)/p+1. The van der Waals surface area contributed by atoms with Crippen molar-refractivity contribution in [3.8, 4) is 80.3 Å². The van der Waals surface area contributed by atoms with Gasteiger partial charge in [-0.1, -0.05) is 0 Å². The normalized spacial score (nSPS) is 17.7. The number of phenols is 10. The zero-order valence-electron chi connectivity index (χ0n) is 22.0. The average molecular weight is 608 g/mol. The summed E-state index contributed by atoms with van der Waals surface area (Å²) in [6.07, 6.45) is -3.27. The minimum Gasteiger partial charge on any atom is -0.508 e. The first-order chi connectivity index (χ1) is 20.8. The maximum absolute atomic E-state index is 11.7. The molecule has 0 fully saturated rings. The molecule has 14 heteroatoms. The van der Waals surface area contributed by atoms with Gasteiger partial charge in [0.05, 0.1) is 11.5 Å². The van der Waals surface area contributed by atoms with Crippen molar-refractivity contribution in [2.75, 3.05) is 0 Å². The van der Waals surface area contributed by atoms with Gasteiger partial charge in [-0.25, -0.2) is 4.42 Å². The number of aliphatic hydroxyl groups excluding tert-OH is 1. The van der Waals surface area contributed by atoms with Crippen LogP contribution in [0.15, 0.2) is 52.9 Å². The summed E-state index contributed by atoms with van der Waals surface area (Å²) in [4.78, 5) is 0. The number of benzene rings is 4. The summed E-state index contributed by atoms with van der Waals surface area (Å²) >= 11 is 0. The highest BCUT2D eigenvalue weighted by Gasteiger charge is 2.46. The second-order valence-electron chi connectivity index (χ2n) is 10.2. The smallest absolute Gasteiger partial charge is 0.402 e. The molecule has 1 aromatic heterocycles. The molecular weight excluding hydrogens is 584 g/mol. The van der Waals surface area contributed by atoms with Crippen LogP contribution >= 0.6 is 0 Å². The van der Waals surface area contributed by atoms with Crippen LogP contribution in [0.25, 0.3) is 22.3 Å². The van der Waals surface area contributed by atoms with Crippen LogP contribution in [0.1, 0.15) is 28.7 Å². The van der Waals surface area contributed by atoms with Gasteiger partial charge in [0.15, 0.2) is 40.6 Å². The lowest BCUT2D eigenvalue weighted by molar-refractivity contribution is 0.00689. The van der Waals surface area contributed by atoms with Crippen molar-refractivity contribution in [1.82, 2.24) is 0 Å². The fourth-order valence-electron chi connectivity index (χ4n) is 5.44. The fraction of sp³-hybridized carbons (Fsp3) is 0.100.